The standard InChI is InChI=1S/C27H30N3O4/c1-3-19-17-30(16-18-5-4-6-21(13-18)29(32)33)12-10-20(19)14-26(30)27(31)23-9-11-28-25-8-7-22(34-2)15-24(23)25/h3-9,11,13,15,19-20,26-27,31H,1,10,12,14,16-17H2,2H3/q+1/t19?,20?,26?,27-,30?/m1/s1. The zero-order valence-electron chi connectivity index (χ0n) is 19.3. The number of nitro benzene ring substituents is 1. The maximum absolute atomic E-state index is 11.9. The van der Waals surface area contributed by atoms with Gasteiger partial charge in [-0.3, -0.25) is 15.1 Å². The average molecular weight is 461 g/mol. The third-order valence-corrected chi connectivity index (χ3v) is 7.96. The number of nitro groups is 1. The quantitative estimate of drug-likeness (QED) is 0.237. The minimum atomic E-state index is -0.690. The molecule has 2 bridgehead atoms. The molecule has 176 valence electrons. The van der Waals surface area contributed by atoms with Gasteiger partial charge in [0.2, 0.25) is 0 Å². The molecule has 34 heavy (non-hydrogen) atoms. The van der Waals surface area contributed by atoms with Crippen LogP contribution in [-0.2, 0) is 6.54 Å². The Balaban J connectivity index is 1.56. The van der Waals surface area contributed by atoms with Crippen LogP contribution in [0.1, 0.15) is 30.1 Å². The summed E-state index contributed by atoms with van der Waals surface area (Å²) in [6.45, 7) is 6.54. The summed E-state index contributed by atoms with van der Waals surface area (Å²) in [7, 11) is 1.63. The summed E-state index contributed by atoms with van der Waals surface area (Å²) in [6.07, 6.45) is 5.08. The molecule has 7 nitrogen and oxygen atoms in total. The van der Waals surface area contributed by atoms with E-state index in [4.69, 9.17) is 4.74 Å². The summed E-state index contributed by atoms with van der Waals surface area (Å²) < 4.78 is 6.13. The number of aliphatic hydroxyl groups is 1. The monoisotopic (exact) mass is 460 g/mol. The van der Waals surface area contributed by atoms with Crippen LogP contribution in [0.25, 0.3) is 10.9 Å². The highest BCUT2D eigenvalue weighted by molar-refractivity contribution is 5.83. The van der Waals surface area contributed by atoms with E-state index >= 15 is 0 Å². The maximum Gasteiger partial charge on any atom is 0.269 e. The summed E-state index contributed by atoms with van der Waals surface area (Å²) in [5.41, 5.74) is 2.71. The third kappa shape index (κ3) is 3.85. The second kappa shape index (κ2) is 8.81. The van der Waals surface area contributed by atoms with E-state index in [-0.39, 0.29) is 16.7 Å². The summed E-state index contributed by atoms with van der Waals surface area (Å²) in [5, 5.41) is 24.1. The molecule has 2 aromatic carbocycles. The number of ether oxygens (including phenoxy) is 1. The van der Waals surface area contributed by atoms with E-state index in [0.29, 0.717) is 22.9 Å². The van der Waals surface area contributed by atoms with Crippen molar-refractivity contribution in [3.8, 4) is 5.75 Å². The number of piperidine rings is 3. The van der Waals surface area contributed by atoms with Gasteiger partial charge in [0.05, 0.1) is 30.6 Å². The lowest BCUT2D eigenvalue weighted by molar-refractivity contribution is -0.984. The number of nitrogens with zero attached hydrogens (tertiary/aromatic N) is 3. The zero-order chi connectivity index (χ0) is 23.9. The van der Waals surface area contributed by atoms with E-state index in [0.717, 1.165) is 53.7 Å². The van der Waals surface area contributed by atoms with Gasteiger partial charge in [0.1, 0.15) is 24.4 Å². The van der Waals surface area contributed by atoms with E-state index in [2.05, 4.69) is 17.6 Å². The van der Waals surface area contributed by atoms with Crippen LogP contribution in [-0.4, -0.2) is 45.7 Å². The second-order valence-corrected chi connectivity index (χ2v) is 9.69. The Morgan fingerprint density at radius 2 is 2.18 bits per heavy atom. The number of aromatic nitrogens is 1. The molecule has 0 amide bonds. The minimum absolute atomic E-state index is 0.0222. The number of non-ortho nitro benzene ring substituents is 1. The number of pyridine rings is 1. The molecule has 0 radical (unpaired) electrons. The number of benzene rings is 2. The minimum Gasteiger partial charge on any atom is -0.497 e. The van der Waals surface area contributed by atoms with Crippen molar-refractivity contribution in [2.75, 3.05) is 20.2 Å². The molecule has 3 fully saturated rings. The molecule has 0 aliphatic carbocycles. The number of aliphatic hydroxyl groups excluding tert-OH is 1. The first kappa shape index (κ1) is 22.5. The van der Waals surface area contributed by atoms with Gasteiger partial charge in [0.25, 0.3) is 5.69 Å². The van der Waals surface area contributed by atoms with Crippen LogP contribution in [0.3, 0.4) is 0 Å². The fourth-order valence-corrected chi connectivity index (χ4v) is 6.25. The molecule has 3 saturated heterocycles. The number of hydrogen-bond donors (Lipinski definition) is 1. The van der Waals surface area contributed by atoms with Crippen molar-refractivity contribution in [2.45, 2.75) is 31.5 Å². The molecule has 3 aromatic rings. The number of quaternary nitrogens is 1. The Morgan fingerprint density at radius 3 is 2.94 bits per heavy atom. The highest BCUT2D eigenvalue weighted by Crippen LogP contribution is 2.48. The Hall–Kier alpha value is -3.29. The van der Waals surface area contributed by atoms with Gasteiger partial charge in [-0.15, -0.1) is 6.58 Å². The van der Waals surface area contributed by atoms with Gasteiger partial charge >= 0.3 is 0 Å². The fourth-order valence-electron chi connectivity index (χ4n) is 6.25. The number of rotatable bonds is 7. The van der Waals surface area contributed by atoms with Crippen LogP contribution in [0.2, 0.25) is 0 Å². The van der Waals surface area contributed by atoms with E-state index < -0.39 is 6.10 Å². The first-order valence-corrected chi connectivity index (χ1v) is 11.8. The van der Waals surface area contributed by atoms with Gasteiger partial charge in [-0.2, -0.15) is 0 Å². The van der Waals surface area contributed by atoms with Gasteiger partial charge in [0.15, 0.2) is 0 Å². The lowest BCUT2D eigenvalue weighted by Crippen LogP contribution is -2.67. The molecular formula is C27H30N3O4+. The second-order valence-electron chi connectivity index (χ2n) is 9.69. The summed E-state index contributed by atoms with van der Waals surface area (Å²) in [6, 6.07) is 14.5. The van der Waals surface area contributed by atoms with Crippen molar-refractivity contribution in [1.82, 2.24) is 4.98 Å². The third-order valence-electron chi connectivity index (χ3n) is 7.96. The van der Waals surface area contributed by atoms with Crippen LogP contribution in [0, 0.1) is 22.0 Å². The van der Waals surface area contributed by atoms with E-state index in [1.165, 1.54) is 6.07 Å². The van der Waals surface area contributed by atoms with Crippen LogP contribution < -0.4 is 4.74 Å². The van der Waals surface area contributed by atoms with E-state index in [1.807, 2.05) is 30.3 Å². The number of methoxy groups -OCH3 is 1. The summed E-state index contributed by atoms with van der Waals surface area (Å²) in [4.78, 5) is 15.5. The lowest BCUT2D eigenvalue weighted by atomic mass is 9.71. The molecule has 0 saturated carbocycles. The maximum atomic E-state index is 11.9. The molecule has 7 heteroatoms. The normalized spacial score (nSPS) is 26.8. The van der Waals surface area contributed by atoms with Crippen LogP contribution >= 0.6 is 0 Å². The van der Waals surface area contributed by atoms with Crippen LogP contribution in [0.15, 0.2) is 67.4 Å². The SMILES string of the molecule is C=CC1C[N+]2(Cc3cccc([N+](=O)[O-])c3)CCC1CC2[C@H](O)c1ccnc2ccc(OC)cc12. The topological polar surface area (TPSA) is 85.5 Å². The van der Waals surface area contributed by atoms with Gasteiger partial charge in [-0.1, -0.05) is 18.2 Å². The number of fused-ring (bicyclic) bond motifs is 4. The Bertz CT molecular complexity index is 1250. The molecule has 0 spiro atoms. The molecule has 4 unspecified atom stereocenters. The summed E-state index contributed by atoms with van der Waals surface area (Å²) in [5.74, 6) is 1.60. The first-order chi connectivity index (χ1) is 16.4. The lowest BCUT2D eigenvalue weighted by Gasteiger charge is -2.58. The molecule has 6 rings (SSSR count). The Labute approximate surface area is 199 Å². The molecule has 1 N–H and O–H groups in total. The zero-order valence-corrected chi connectivity index (χ0v) is 19.3. The van der Waals surface area contributed by atoms with Crippen molar-refractivity contribution in [3.05, 3.63) is 88.6 Å². The molecule has 1 aromatic heterocycles. The highest BCUT2D eigenvalue weighted by atomic mass is 16.6. The first-order valence-electron chi connectivity index (χ1n) is 11.8. The van der Waals surface area contributed by atoms with Crippen molar-refractivity contribution >= 4 is 16.6 Å². The molecular weight excluding hydrogens is 430 g/mol. The van der Waals surface area contributed by atoms with Gasteiger partial charge in [-0.05, 0) is 35.7 Å². The van der Waals surface area contributed by atoms with Crippen LogP contribution in [0.5, 0.6) is 5.75 Å². The summed E-state index contributed by atoms with van der Waals surface area (Å²) >= 11 is 0. The molecule has 3 aliphatic heterocycles. The van der Waals surface area contributed by atoms with Crippen molar-refractivity contribution < 1.29 is 19.2 Å². The van der Waals surface area contributed by atoms with E-state index in [1.54, 1.807) is 25.4 Å². The largest absolute Gasteiger partial charge is 0.497 e. The number of hydrogen-bond acceptors (Lipinski definition) is 5. The highest BCUT2D eigenvalue weighted by Gasteiger charge is 2.54. The Kier molecular flexibility index (Phi) is 5.83. The van der Waals surface area contributed by atoms with Crippen molar-refractivity contribution in [2.24, 2.45) is 11.8 Å². The van der Waals surface area contributed by atoms with Crippen molar-refractivity contribution in [3.63, 3.8) is 0 Å². The van der Waals surface area contributed by atoms with Crippen LogP contribution in [0.4, 0.5) is 5.69 Å². The fraction of sp³-hybridized carbons (Fsp3) is 0.370. The van der Waals surface area contributed by atoms with Gasteiger partial charge < -0.3 is 14.3 Å². The predicted octanol–water partition coefficient (Wildman–Crippen LogP) is 4.80. The predicted molar refractivity (Wildman–Crippen MR) is 130 cm³/mol. The van der Waals surface area contributed by atoms with E-state index in [9.17, 15) is 15.2 Å². The van der Waals surface area contributed by atoms with Crippen molar-refractivity contribution in [1.29, 1.82) is 0 Å². The molecule has 4 heterocycles. The Morgan fingerprint density at radius 1 is 1.32 bits per heavy atom. The molecule has 5 atom stereocenters. The average Bonchev–Trinajstić information content (AvgIpc) is 2.87. The van der Waals surface area contributed by atoms with Gasteiger partial charge in [-0.25, -0.2) is 0 Å². The van der Waals surface area contributed by atoms with Gasteiger partial charge in [0, 0.05) is 48.0 Å². The molecule has 3 aliphatic rings. The smallest absolute Gasteiger partial charge is 0.269 e.